The molecular weight excluding hydrogens is 286 g/mol. The van der Waals surface area contributed by atoms with Crippen molar-refractivity contribution >= 4 is 10.0 Å². The molecule has 0 fully saturated rings. The molecule has 2 aromatic heterocycles. The fraction of sp³-hybridized carbons (Fsp3) is 0.133. The number of nitrogens with zero attached hydrogens (tertiary/aromatic N) is 3. The van der Waals surface area contributed by atoms with Crippen LogP contribution in [0.5, 0.6) is 0 Å². The predicted octanol–water partition coefficient (Wildman–Crippen LogP) is 2.43. The Morgan fingerprint density at radius 2 is 1.76 bits per heavy atom. The minimum absolute atomic E-state index is 0.273. The molecule has 0 saturated heterocycles. The zero-order valence-corrected chi connectivity index (χ0v) is 12.6. The number of benzene rings is 1. The van der Waals surface area contributed by atoms with Gasteiger partial charge in [0, 0.05) is 24.5 Å². The number of aromatic nitrogens is 3. The van der Waals surface area contributed by atoms with Crippen LogP contribution in [0, 0.1) is 6.92 Å². The number of hydrogen-bond acceptors (Lipinski definition) is 3. The van der Waals surface area contributed by atoms with E-state index < -0.39 is 10.0 Å². The lowest BCUT2D eigenvalue weighted by Gasteiger charge is -2.11. The molecule has 0 saturated carbocycles. The molecule has 0 bridgehead atoms. The van der Waals surface area contributed by atoms with E-state index in [2.05, 4.69) is 5.10 Å². The Morgan fingerprint density at radius 3 is 2.38 bits per heavy atom. The summed E-state index contributed by atoms with van der Waals surface area (Å²) in [6.07, 6.45) is 3.46. The van der Waals surface area contributed by atoms with Crippen LogP contribution in [0.25, 0.3) is 11.3 Å². The van der Waals surface area contributed by atoms with E-state index in [-0.39, 0.29) is 4.90 Å². The SMILES string of the molecule is Cc1ccc(-c2cnn(C)c2)n1S(=O)(=O)c1ccccc1. The van der Waals surface area contributed by atoms with Crippen molar-refractivity contribution in [1.29, 1.82) is 0 Å². The van der Waals surface area contributed by atoms with Crippen LogP contribution in [-0.4, -0.2) is 22.2 Å². The van der Waals surface area contributed by atoms with Crippen LogP contribution in [-0.2, 0) is 17.1 Å². The van der Waals surface area contributed by atoms with Gasteiger partial charge < -0.3 is 0 Å². The van der Waals surface area contributed by atoms with Gasteiger partial charge in [-0.1, -0.05) is 18.2 Å². The van der Waals surface area contributed by atoms with Gasteiger partial charge in [-0.15, -0.1) is 0 Å². The maximum Gasteiger partial charge on any atom is 0.268 e. The van der Waals surface area contributed by atoms with E-state index in [9.17, 15) is 8.42 Å². The predicted molar refractivity (Wildman–Crippen MR) is 80.4 cm³/mol. The van der Waals surface area contributed by atoms with E-state index in [1.807, 2.05) is 0 Å². The quantitative estimate of drug-likeness (QED) is 0.746. The van der Waals surface area contributed by atoms with E-state index in [0.29, 0.717) is 11.4 Å². The maximum absolute atomic E-state index is 12.9. The van der Waals surface area contributed by atoms with E-state index in [1.165, 1.54) is 3.97 Å². The molecule has 0 aliphatic heterocycles. The van der Waals surface area contributed by atoms with E-state index in [4.69, 9.17) is 0 Å². The van der Waals surface area contributed by atoms with Gasteiger partial charge >= 0.3 is 0 Å². The van der Waals surface area contributed by atoms with Gasteiger partial charge in [0.25, 0.3) is 10.0 Å². The van der Waals surface area contributed by atoms with Crippen LogP contribution in [0.1, 0.15) is 5.69 Å². The molecule has 108 valence electrons. The molecule has 0 spiro atoms. The largest absolute Gasteiger partial charge is 0.275 e. The third kappa shape index (κ3) is 2.27. The summed E-state index contributed by atoms with van der Waals surface area (Å²) in [6.45, 7) is 1.78. The van der Waals surface area contributed by atoms with Gasteiger partial charge in [-0.25, -0.2) is 12.4 Å². The summed E-state index contributed by atoms with van der Waals surface area (Å²) in [5, 5.41) is 4.11. The molecule has 6 heteroatoms. The van der Waals surface area contributed by atoms with Gasteiger partial charge in [0.1, 0.15) is 0 Å². The monoisotopic (exact) mass is 301 g/mol. The number of rotatable bonds is 3. The summed E-state index contributed by atoms with van der Waals surface area (Å²) in [5.41, 5.74) is 2.05. The van der Waals surface area contributed by atoms with Crippen molar-refractivity contribution in [2.75, 3.05) is 0 Å². The highest BCUT2D eigenvalue weighted by molar-refractivity contribution is 7.90. The minimum Gasteiger partial charge on any atom is -0.275 e. The van der Waals surface area contributed by atoms with Crippen molar-refractivity contribution < 1.29 is 8.42 Å². The van der Waals surface area contributed by atoms with Crippen molar-refractivity contribution in [3.8, 4) is 11.3 Å². The lowest BCUT2D eigenvalue weighted by Crippen LogP contribution is -2.15. The molecule has 0 aliphatic rings. The Labute approximate surface area is 123 Å². The van der Waals surface area contributed by atoms with Gasteiger partial charge in [0.15, 0.2) is 0 Å². The molecule has 0 aliphatic carbocycles. The molecule has 5 nitrogen and oxygen atoms in total. The van der Waals surface area contributed by atoms with Crippen LogP contribution in [0.3, 0.4) is 0 Å². The van der Waals surface area contributed by atoms with Crippen LogP contribution < -0.4 is 0 Å². The van der Waals surface area contributed by atoms with Crippen LogP contribution in [0.4, 0.5) is 0 Å². The first kappa shape index (κ1) is 13.6. The first-order valence-corrected chi connectivity index (χ1v) is 7.92. The summed E-state index contributed by atoms with van der Waals surface area (Å²) in [6, 6.07) is 12.0. The average Bonchev–Trinajstić information content (AvgIpc) is 3.06. The van der Waals surface area contributed by atoms with Gasteiger partial charge in [-0.05, 0) is 31.2 Å². The molecule has 0 N–H and O–H groups in total. The molecule has 2 heterocycles. The molecule has 0 atom stereocenters. The molecule has 21 heavy (non-hydrogen) atoms. The molecule has 0 radical (unpaired) electrons. The zero-order chi connectivity index (χ0) is 15.0. The highest BCUT2D eigenvalue weighted by Gasteiger charge is 2.22. The molecule has 3 aromatic rings. The summed E-state index contributed by atoms with van der Waals surface area (Å²) < 4.78 is 28.7. The summed E-state index contributed by atoms with van der Waals surface area (Å²) in [5.74, 6) is 0. The minimum atomic E-state index is -3.62. The highest BCUT2D eigenvalue weighted by atomic mass is 32.2. The Balaban J connectivity index is 2.22. The number of aryl methyl sites for hydroxylation is 2. The fourth-order valence-electron chi connectivity index (χ4n) is 2.31. The van der Waals surface area contributed by atoms with E-state index in [0.717, 1.165) is 5.56 Å². The Hall–Kier alpha value is -2.34. The lowest BCUT2D eigenvalue weighted by atomic mass is 10.3. The second-order valence-corrected chi connectivity index (χ2v) is 6.63. The first-order chi connectivity index (χ1) is 10.00. The molecule has 0 amide bonds. The van der Waals surface area contributed by atoms with Crippen LogP contribution in [0.15, 0.2) is 59.8 Å². The molecule has 3 rings (SSSR count). The second-order valence-electron chi connectivity index (χ2n) is 4.85. The topological polar surface area (TPSA) is 56.9 Å². The van der Waals surface area contributed by atoms with Crippen molar-refractivity contribution in [3.63, 3.8) is 0 Å². The number of hydrogen-bond donors (Lipinski definition) is 0. The zero-order valence-electron chi connectivity index (χ0n) is 11.8. The maximum atomic E-state index is 12.9. The van der Waals surface area contributed by atoms with E-state index in [1.54, 1.807) is 73.5 Å². The van der Waals surface area contributed by atoms with Crippen molar-refractivity contribution in [3.05, 3.63) is 60.6 Å². The average molecular weight is 301 g/mol. The van der Waals surface area contributed by atoms with Crippen LogP contribution >= 0.6 is 0 Å². The smallest absolute Gasteiger partial charge is 0.268 e. The van der Waals surface area contributed by atoms with Gasteiger partial charge in [0.2, 0.25) is 0 Å². The van der Waals surface area contributed by atoms with Crippen LogP contribution in [0.2, 0.25) is 0 Å². The normalized spacial score (nSPS) is 11.7. The standard InChI is InChI=1S/C15H15N3O2S/c1-12-8-9-15(13-10-16-17(2)11-13)18(12)21(19,20)14-6-4-3-5-7-14/h3-11H,1-2H3. The first-order valence-electron chi connectivity index (χ1n) is 6.48. The Kier molecular flexibility index (Phi) is 3.17. The molecule has 0 unspecified atom stereocenters. The summed E-state index contributed by atoms with van der Waals surface area (Å²) in [7, 11) is -1.82. The van der Waals surface area contributed by atoms with E-state index >= 15 is 0 Å². The van der Waals surface area contributed by atoms with Gasteiger partial charge in [-0.3, -0.25) is 4.68 Å². The van der Waals surface area contributed by atoms with Crippen molar-refractivity contribution in [2.24, 2.45) is 7.05 Å². The third-order valence-corrected chi connectivity index (χ3v) is 5.14. The lowest BCUT2D eigenvalue weighted by molar-refractivity contribution is 0.587. The Morgan fingerprint density at radius 1 is 1.05 bits per heavy atom. The van der Waals surface area contributed by atoms with Gasteiger partial charge in [0.05, 0.1) is 16.8 Å². The molecule has 1 aromatic carbocycles. The summed E-state index contributed by atoms with van der Waals surface area (Å²) in [4.78, 5) is 0.273. The Bertz CT molecular complexity index is 877. The van der Waals surface area contributed by atoms with Crippen molar-refractivity contribution in [1.82, 2.24) is 13.8 Å². The highest BCUT2D eigenvalue weighted by Crippen LogP contribution is 2.26. The van der Waals surface area contributed by atoms with Gasteiger partial charge in [-0.2, -0.15) is 5.10 Å². The fourth-order valence-corrected chi connectivity index (χ4v) is 3.89. The third-order valence-electron chi connectivity index (χ3n) is 3.30. The molecular formula is C15H15N3O2S. The van der Waals surface area contributed by atoms with Crippen molar-refractivity contribution in [2.45, 2.75) is 11.8 Å². The summed E-state index contributed by atoms with van der Waals surface area (Å²) >= 11 is 0. The second kappa shape index (κ2) is 4.89.